The van der Waals surface area contributed by atoms with E-state index in [0.717, 1.165) is 13.3 Å². The third kappa shape index (κ3) is 5.02. The molecule has 0 aliphatic carbocycles. The third-order valence-corrected chi connectivity index (χ3v) is 10.2. The maximum atomic E-state index is 2.58. The zero-order valence-electron chi connectivity index (χ0n) is 22.1. The van der Waals surface area contributed by atoms with Crippen LogP contribution in [0.25, 0.3) is 0 Å². The summed E-state index contributed by atoms with van der Waals surface area (Å²) in [7, 11) is 0. The smallest absolute Gasteiger partial charge is 0.0812 e. The zero-order chi connectivity index (χ0) is 25.5. The number of benzene rings is 3. The second-order valence-corrected chi connectivity index (χ2v) is 12.2. The van der Waals surface area contributed by atoms with Gasteiger partial charge in [-0.3, -0.25) is 0 Å². The third-order valence-electron chi connectivity index (χ3n) is 7.96. The molecule has 0 N–H and O–H groups in total. The van der Waals surface area contributed by atoms with Gasteiger partial charge in [0.05, 0.1) is 0 Å². The van der Waals surface area contributed by atoms with Crippen LogP contribution in [0.4, 0.5) is 0 Å². The highest BCUT2D eigenvalue weighted by atomic mass is 127. The van der Waals surface area contributed by atoms with Crippen LogP contribution in [-0.4, -0.2) is 6.71 Å². The first-order valence-corrected chi connectivity index (χ1v) is 16.5. The highest BCUT2D eigenvalue weighted by Crippen LogP contribution is 2.25. The Labute approximate surface area is 249 Å². The fraction of sp³-hybridized carbons (Fsp3) is 0.400. The standard InChI is InChI=1S/C30H36BI3/c1-16-10-19(4)25(13-32)28(22(16)7)31(29-23(8)17(2)11-20(5)26(29)14-33)30-24(9)18(3)12-21(6)27(30)15-34/h10-12H,13-15H2,1-9H3. The van der Waals surface area contributed by atoms with Gasteiger partial charge in [-0.2, -0.15) is 0 Å². The van der Waals surface area contributed by atoms with E-state index in [9.17, 15) is 0 Å². The molecular weight excluding hydrogens is 752 g/mol. The maximum Gasteiger partial charge on any atom is 0.243 e. The van der Waals surface area contributed by atoms with Crippen molar-refractivity contribution < 1.29 is 0 Å². The van der Waals surface area contributed by atoms with Gasteiger partial charge in [0, 0.05) is 13.3 Å². The lowest BCUT2D eigenvalue weighted by molar-refractivity contribution is 1.24. The molecule has 0 spiro atoms. The molecule has 180 valence electrons. The molecule has 0 amide bonds. The van der Waals surface area contributed by atoms with Gasteiger partial charge in [0.15, 0.2) is 0 Å². The van der Waals surface area contributed by atoms with Crippen molar-refractivity contribution in [2.24, 2.45) is 0 Å². The molecule has 0 bridgehead atoms. The lowest BCUT2D eigenvalue weighted by Crippen LogP contribution is -2.59. The van der Waals surface area contributed by atoms with Gasteiger partial charge >= 0.3 is 0 Å². The fourth-order valence-corrected chi connectivity index (χ4v) is 8.69. The molecule has 0 saturated carbocycles. The Morgan fingerprint density at radius 1 is 0.441 bits per heavy atom. The Morgan fingerprint density at radius 2 is 0.676 bits per heavy atom. The van der Waals surface area contributed by atoms with Gasteiger partial charge in [0.2, 0.25) is 6.71 Å². The summed E-state index contributed by atoms with van der Waals surface area (Å²) < 4.78 is 3.09. The minimum Gasteiger partial charge on any atom is -0.0812 e. The van der Waals surface area contributed by atoms with Gasteiger partial charge in [-0.1, -0.05) is 119 Å². The molecule has 3 aromatic carbocycles. The van der Waals surface area contributed by atoms with Crippen LogP contribution in [0, 0.1) is 62.3 Å². The molecule has 34 heavy (non-hydrogen) atoms. The molecule has 3 rings (SSSR count). The first-order valence-electron chi connectivity index (χ1n) is 12.0. The first kappa shape index (κ1) is 28.5. The summed E-state index contributed by atoms with van der Waals surface area (Å²) in [6.07, 6.45) is 0. The average Bonchev–Trinajstić information content (AvgIpc) is 2.78. The van der Waals surface area contributed by atoms with Gasteiger partial charge in [-0.25, -0.2) is 0 Å². The summed E-state index contributed by atoms with van der Waals surface area (Å²) in [6, 6.07) is 7.18. The maximum absolute atomic E-state index is 2.58. The van der Waals surface area contributed by atoms with E-state index in [4.69, 9.17) is 0 Å². The first-order chi connectivity index (χ1) is 16.0. The number of hydrogen-bond donors (Lipinski definition) is 0. The molecule has 3 aromatic rings. The number of hydrogen-bond acceptors (Lipinski definition) is 0. The largest absolute Gasteiger partial charge is 0.243 e. The molecule has 0 heterocycles. The van der Waals surface area contributed by atoms with Gasteiger partial charge < -0.3 is 0 Å². The van der Waals surface area contributed by atoms with E-state index >= 15 is 0 Å². The Morgan fingerprint density at radius 3 is 0.882 bits per heavy atom. The number of rotatable bonds is 6. The topological polar surface area (TPSA) is 0 Å². The molecule has 0 fully saturated rings. The van der Waals surface area contributed by atoms with Crippen LogP contribution in [-0.2, 0) is 13.3 Å². The van der Waals surface area contributed by atoms with Crippen LogP contribution in [0.5, 0.6) is 0 Å². The van der Waals surface area contributed by atoms with Crippen molar-refractivity contribution in [2.75, 3.05) is 0 Å². The predicted octanol–water partition coefficient (Wildman–Crippen LogP) is 7.78. The molecule has 0 saturated heterocycles. The molecule has 0 aromatic heterocycles. The van der Waals surface area contributed by atoms with Crippen LogP contribution in [0.2, 0.25) is 0 Å². The average molecular weight is 788 g/mol. The predicted molar refractivity (Wildman–Crippen MR) is 180 cm³/mol. The SMILES string of the molecule is Cc1cc(C)c(CI)c(B(c2c(C)c(C)cc(C)c2CI)c2c(C)c(C)cc(C)c2CI)c1C. The Kier molecular flexibility index (Phi) is 9.66. The lowest BCUT2D eigenvalue weighted by atomic mass is 9.32. The van der Waals surface area contributed by atoms with Gasteiger partial charge in [-0.15, -0.1) is 0 Å². The second kappa shape index (κ2) is 11.5. The second-order valence-electron chi connectivity index (χ2n) is 9.92. The van der Waals surface area contributed by atoms with Crippen molar-refractivity contribution in [1.82, 2.24) is 0 Å². The van der Waals surface area contributed by atoms with Gasteiger partial charge in [0.1, 0.15) is 0 Å². The van der Waals surface area contributed by atoms with Crippen molar-refractivity contribution >= 4 is 90.9 Å². The minimum absolute atomic E-state index is 0.245. The van der Waals surface area contributed by atoms with Crippen molar-refractivity contribution in [3.63, 3.8) is 0 Å². The minimum atomic E-state index is 0.245. The molecular formula is C30H36BI3. The van der Waals surface area contributed by atoms with E-state index in [-0.39, 0.29) is 6.71 Å². The summed E-state index contributed by atoms with van der Waals surface area (Å²) in [5, 5.41) is 0. The van der Waals surface area contributed by atoms with E-state index in [1.165, 1.54) is 66.8 Å². The van der Waals surface area contributed by atoms with Crippen molar-refractivity contribution in [2.45, 2.75) is 75.6 Å². The number of aryl methyl sites for hydroxylation is 6. The van der Waals surface area contributed by atoms with Gasteiger partial charge in [-0.05, 0) is 112 Å². The molecule has 0 nitrogen and oxygen atoms in total. The molecule has 0 aliphatic heterocycles. The molecule has 0 aliphatic rings. The Bertz CT molecular complexity index is 1100. The molecule has 0 atom stereocenters. The Balaban J connectivity index is 2.68. The summed E-state index contributed by atoms with van der Waals surface area (Å²) in [5.74, 6) is 0. The summed E-state index contributed by atoms with van der Waals surface area (Å²) in [5.41, 5.74) is 22.1. The van der Waals surface area contributed by atoms with Crippen LogP contribution < -0.4 is 16.4 Å². The van der Waals surface area contributed by atoms with Crippen LogP contribution >= 0.6 is 67.8 Å². The summed E-state index contributed by atoms with van der Waals surface area (Å²) >= 11 is 7.75. The van der Waals surface area contributed by atoms with Crippen LogP contribution in [0.1, 0.15) is 66.8 Å². The highest BCUT2D eigenvalue weighted by molar-refractivity contribution is 14.1. The monoisotopic (exact) mass is 788 g/mol. The summed E-state index contributed by atoms with van der Waals surface area (Å²) in [6.45, 7) is 21.1. The van der Waals surface area contributed by atoms with E-state index in [2.05, 4.69) is 148 Å². The van der Waals surface area contributed by atoms with Crippen LogP contribution in [0.3, 0.4) is 0 Å². The number of alkyl halides is 3. The molecule has 0 unspecified atom stereocenters. The van der Waals surface area contributed by atoms with E-state index in [0.29, 0.717) is 0 Å². The zero-order valence-corrected chi connectivity index (χ0v) is 28.5. The fourth-order valence-electron chi connectivity index (χ4n) is 5.65. The normalized spacial score (nSPS) is 11.3. The van der Waals surface area contributed by atoms with E-state index in [1.807, 2.05) is 0 Å². The quantitative estimate of drug-likeness (QED) is 0.136. The highest BCUT2D eigenvalue weighted by Gasteiger charge is 2.34. The van der Waals surface area contributed by atoms with Gasteiger partial charge in [0.25, 0.3) is 0 Å². The van der Waals surface area contributed by atoms with Crippen molar-refractivity contribution in [3.05, 3.63) is 85.0 Å². The van der Waals surface area contributed by atoms with Crippen molar-refractivity contribution in [1.29, 1.82) is 0 Å². The lowest BCUT2D eigenvalue weighted by Gasteiger charge is -2.31. The summed E-state index contributed by atoms with van der Waals surface area (Å²) in [4.78, 5) is 0. The molecule has 4 heteroatoms. The number of halogens is 3. The molecule has 0 radical (unpaired) electrons. The van der Waals surface area contributed by atoms with Crippen LogP contribution in [0.15, 0.2) is 18.2 Å². The van der Waals surface area contributed by atoms with Crippen molar-refractivity contribution in [3.8, 4) is 0 Å². The Hall–Kier alpha value is -0.0851. The van der Waals surface area contributed by atoms with E-state index in [1.54, 1.807) is 16.4 Å². The van der Waals surface area contributed by atoms with E-state index < -0.39 is 0 Å².